The molecule has 1 aliphatic carbocycles. The zero-order valence-electron chi connectivity index (χ0n) is 10.8. The molecule has 0 heterocycles. The minimum atomic E-state index is -4.63. The Morgan fingerprint density at radius 3 is 2.45 bits per heavy atom. The topological polar surface area (TPSA) is 54.4 Å². The van der Waals surface area contributed by atoms with E-state index in [0.717, 1.165) is 18.4 Å². The fourth-order valence-corrected chi connectivity index (χ4v) is 4.49. The molecule has 0 bridgehead atoms. The van der Waals surface area contributed by atoms with Gasteiger partial charge in [-0.05, 0) is 30.9 Å². The van der Waals surface area contributed by atoms with Crippen molar-refractivity contribution in [1.29, 1.82) is 0 Å². The summed E-state index contributed by atoms with van der Waals surface area (Å²) in [5.74, 6) is 0. The molecule has 0 aliphatic heterocycles. The molecule has 2 atom stereocenters. The Bertz CT molecular complexity index is 610. The van der Waals surface area contributed by atoms with Gasteiger partial charge in [0, 0.05) is 6.26 Å². The van der Waals surface area contributed by atoms with E-state index in [2.05, 4.69) is 0 Å². The highest BCUT2D eigenvalue weighted by atomic mass is 32.2. The van der Waals surface area contributed by atoms with Gasteiger partial charge in [0.25, 0.3) is 0 Å². The Hall–Kier alpha value is -1.08. The van der Waals surface area contributed by atoms with E-state index in [4.69, 9.17) is 0 Å². The zero-order valence-corrected chi connectivity index (χ0v) is 11.6. The van der Waals surface area contributed by atoms with Crippen molar-refractivity contribution in [2.24, 2.45) is 0 Å². The first-order chi connectivity index (χ1) is 9.07. The van der Waals surface area contributed by atoms with Crippen LogP contribution in [-0.2, 0) is 21.6 Å². The SMILES string of the molecule is CS(=O)(=O)C1CCCC1(O)c1ccccc1C(F)(F)F. The number of alkyl halides is 3. The Labute approximate surface area is 115 Å². The van der Waals surface area contributed by atoms with Crippen molar-refractivity contribution in [3.8, 4) is 0 Å². The molecule has 1 aromatic rings. The van der Waals surface area contributed by atoms with Crippen LogP contribution in [0.2, 0.25) is 0 Å². The van der Waals surface area contributed by atoms with Crippen molar-refractivity contribution in [1.82, 2.24) is 0 Å². The third-order valence-corrected chi connectivity index (χ3v) is 5.43. The predicted octanol–water partition coefficient (Wildman–Crippen LogP) is 2.49. The summed E-state index contributed by atoms with van der Waals surface area (Å²) in [4.78, 5) is 0. The van der Waals surface area contributed by atoms with Gasteiger partial charge in [-0.3, -0.25) is 0 Å². The molecular formula is C13H15F3O3S. The van der Waals surface area contributed by atoms with Crippen molar-refractivity contribution in [2.45, 2.75) is 36.3 Å². The van der Waals surface area contributed by atoms with Gasteiger partial charge in [-0.25, -0.2) is 8.42 Å². The lowest BCUT2D eigenvalue weighted by Crippen LogP contribution is -2.41. The molecule has 2 rings (SSSR count). The Morgan fingerprint density at radius 1 is 1.30 bits per heavy atom. The minimum Gasteiger partial charge on any atom is -0.384 e. The number of hydrogen-bond acceptors (Lipinski definition) is 3. The third-order valence-electron chi connectivity index (χ3n) is 3.77. The van der Waals surface area contributed by atoms with Gasteiger partial charge in [-0.2, -0.15) is 13.2 Å². The summed E-state index contributed by atoms with van der Waals surface area (Å²) in [5, 5.41) is 9.43. The maximum absolute atomic E-state index is 13.0. The second kappa shape index (κ2) is 4.73. The van der Waals surface area contributed by atoms with Crippen molar-refractivity contribution >= 4 is 9.84 Å². The van der Waals surface area contributed by atoms with Crippen LogP contribution in [0.15, 0.2) is 24.3 Å². The molecule has 20 heavy (non-hydrogen) atoms. The van der Waals surface area contributed by atoms with Gasteiger partial charge in [-0.1, -0.05) is 18.2 Å². The van der Waals surface area contributed by atoms with Gasteiger partial charge in [0.2, 0.25) is 0 Å². The minimum absolute atomic E-state index is 0.0117. The molecule has 1 aliphatic rings. The molecule has 0 spiro atoms. The van der Waals surface area contributed by atoms with E-state index >= 15 is 0 Å². The quantitative estimate of drug-likeness (QED) is 0.913. The van der Waals surface area contributed by atoms with Crippen LogP contribution in [0.1, 0.15) is 30.4 Å². The van der Waals surface area contributed by atoms with E-state index < -0.39 is 32.4 Å². The Morgan fingerprint density at radius 2 is 1.90 bits per heavy atom. The van der Waals surface area contributed by atoms with E-state index in [1.807, 2.05) is 0 Å². The van der Waals surface area contributed by atoms with Crippen LogP contribution in [0.5, 0.6) is 0 Å². The van der Waals surface area contributed by atoms with Gasteiger partial charge in [0.1, 0.15) is 5.60 Å². The summed E-state index contributed by atoms with van der Waals surface area (Å²) in [6.07, 6.45) is -3.12. The summed E-state index contributed by atoms with van der Waals surface area (Å²) in [6, 6.07) is 4.62. The molecule has 112 valence electrons. The van der Waals surface area contributed by atoms with E-state index in [0.29, 0.717) is 6.42 Å². The highest BCUT2D eigenvalue weighted by Crippen LogP contribution is 2.46. The average molecular weight is 308 g/mol. The Balaban J connectivity index is 2.61. The van der Waals surface area contributed by atoms with Crippen LogP contribution >= 0.6 is 0 Å². The number of sulfone groups is 1. The maximum Gasteiger partial charge on any atom is 0.416 e. The molecule has 0 saturated heterocycles. The maximum atomic E-state index is 13.0. The second-order valence-electron chi connectivity index (χ2n) is 5.18. The first kappa shape index (κ1) is 15.3. The molecule has 0 aromatic heterocycles. The standard InChI is InChI=1S/C13H15F3O3S/c1-20(18,19)11-7-4-8-12(11,17)9-5-2-3-6-10(9)13(14,15)16/h2-3,5-6,11,17H,4,7-8H2,1H3. The molecule has 0 radical (unpaired) electrons. The first-order valence-electron chi connectivity index (χ1n) is 6.15. The number of halogens is 3. The van der Waals surface area contributed by atoms with Crippen LogP contribution in [0.4, 0.5) is 13.2 Å². The molecule has 0 amide bonds. The fourth-order valence-electron chi connectivity index (χ4n) is 2.94. The molecular weight excluding hydrogens is 293 g/mol. The van der Waals surface area contributed by atoms with E-state index in [9.17, 15) is 26.7 Å². The number of hydrogen-bond donors (Lipinski definition) is 1. The molecule has 1 aromatic carbocycles. The van der Waals surface area contributed by atoms with Crippen LogP contribution < -0.4 is 0 Å². The van der Waals surface area contributed by atoms with Crippen LogP contribution in [0, 0.1) is 0 Å². The fraction of sp³-hybridized carbons (Fsp3) is 0.538. The number of aliphatic hydroxyl groups is 1. The van der Waals surface area contributed by atoms with E-state index in [1.54, 1.807) is 0 Å². The first-order valence-corrected chi connectivity index (χ1v) is 8.10. The lowest BCUT2D eigenvalue weighted by Gasteiger charge is -2.31. The van der Waals surface area contributed by atoms with Crippen molar-refractivity contribution < 1.29 is 26.7 Å². The van der Waals surface area contributed by atoms with Crippen molar-refractivity contribution in [3.63, 3.8) is 0 Å². The summed E-state index contributed by atoms with van der Waals surface area (Å²) in [6.45, 7) is 0. The number of rotatable bonds is 2. The second-order valence-corrected chi connectivity index (χ2v) is 7.41. The van der Waals surface area contributed by atoms with Gasteiger partial charge in [0.05, 0.1) is 10.8 Å². The third kappa shape index (κ3) is 2.56. The van der Waals surface area contributed by atoms with Crippen molar-refractivity contribution in [3.05, 3.63) is 35.4 Å². The summed E-state index contributed by atoms with van der Waals surface area (Å²) in [7, 11) is -3.64. The summed E-state index contributed by atoms with van der Waals surface area (Å²) >= 11 is 0. The van der Waals surface area contributed by atoms with Crippen LogP contribution in [-0.4, -0.2) is 25.0 Å². The predicted molar refractivity (Wildman–Crippen MR) is 67.8 cm³/mol. The van der Waals surface area contributed by atoms with Gasteiger partial charge in [-0.15, -0.1) is 0 Å². The Kier molecular flexibility index (Phi) is 3.62. The monoisotopic (exact) mass is 308 g/mol. The van der Waals surface area contributed by atoms with Gasteiger partial charge < -0.3 is 5.11 Å². The molecule has 1 saturated carbocycles. The molecule has 1 fully saturated rings. The zero-order chi connectivity index (χ0) is 15.2. The average Bonchev–Trinajstić information content (AvgIpc) is 2.71. The van der Waals surface area contributed by atoms with E-state index in [-0.39, 0.29) is 18.4 Å². The number of benzene rings is 1. The highest BCUT2D eigenvalue weighted by Gasteiger charge is 2.51. The lowest BCUT2D eigenvalue weighted by atomic mass is 9.88. The molecule has 1 N–H and O–H groups in total. The lowest BCUT2D eigenvalue weighted by molar-refractivity contribution is -0.140. The van der Waals surface area contributed by atoms with Crippen LogP contribution in [0.3, 0.4) is 0 Å². The molecule has 3 nitrogen and oxygen atoms in total. The van der Waals surface area contributed by atoms with E-state index in [1.165, 1.54) is 12.1 Å². The normalized spacial score (nSPS) is 27.8. The largest absolute Gasteiger partial charge is 0.416 e. The van der Waals surface area contributed by atoms with Crippen LogP contribution in [0.25, 0.3) is 0 Å². The van der Waals surface area contributed by atoms with Crippen molar-refractivity contribution in [2.75, 3.05) is 6.26 Å². The molecule has 7 heteroatoms. The highest BCUT2D eigenvalue weighted by molar-refractivity contribution is 7.91. The summed E-state index contributed by atoms with van der Waals surface area (Å²) < 4.78 is 62.6. The van der Waals surface area contributed by atoms with Gasteiger partial charge in [0.15, 0.2) is 9.84 Å². The summed E-state index contributed by atoms with van der Waals surface area (Å²) in [5.41, 5.74) is -3.29. The molecule has 2 unspecified atom stereocenters. The van der Waals surface area contributed by atoms with Gasteiger partial charge >= 0.3 is 6.18 Å². The smallest absolute Gasteiger partial charge is 0.384 e.